The van der Waals surface area contributed by atoms with Gasteiger partial charge in [0.15, 0.2) is 0 Å². The maximum atomic E-state index is 3.47. The van der Waals surface area contributed by atoms with Gasteiger partial charge in [0.25, 0.3) is 0 Å². The first-order valence-corrected chi connectivity index (χ1v) is 8.29. The molecule has 0 amide bonds. The van der Waals surface area contributed by atoms with Crippen LogP contribution in [0.2, 0.25) is 0 Å². The Labute approximate surface area is 64.0 Å². The summed E-state index contributed by atoms with van der Waals surface area (Å²) in [5, 5.41) is 0. The molecule has 0 unspecified atom stereocenters. The summed E-state index contributed by atoms with van der Waals surface area (Å²) in [6.45, 7) is 0. The van der Waals surface area contributed by atoms with E-state index in [1.165, 1.54) is 3.95 Å². The number of halogens is 1. The first-order chi connectivity index (χ1) is 3.93. The van der Waals surface area contributed by atoms with Crippen LogP contribution in [0.1, 0.15) is 0 Å². The van der Waals surface area contributed by atoms with E-state index in [9.17, 15) is 0 Å². The standard InChI is InChI=1S/C6H5.BrH.Pt/c1-2-4-6-5-3-1;;/h1-5H;1H;/q;;+1/p-1. The summed E-state index contributed by atoms with van der Waals surface area (Å²) in [4.78, 5) is 0. The van der Waals surface area contributed by atoms with Crippen molar-refractivity contribution in [2.24, 2.45) is 0 Å². The topological polar surface area (TPSA) is 0 Å². The van der Waals surface area contributed by atoms with Crippen LogP contribution in [0.25, 0.3) is 0 Å². The van der Waals surface area contributed by atoms with Crippen molar-refractivity contribution < 1.29 is 16.5 Å². The van der Waals surface area contributed by atoms with E-state index in [1.54, 1.807) is 0 Å². The molecule has 0 aliphatic carbocycles. The SMILES string of the molecule is [Br][Pt][c]1ccccc1. The molecule has 2 heteroatoms. The molecule has 0 heterocycles. The molecule has 0 radical (unpaired) electrons. The molecule has 0 bridgehead atoms. The van der Waals surface area contributed by atoms with Gasteiger partial charge in [0.05, 0.1) is 0 Å². The second-order valence-electron chi connectivity index (χ2n) is 1.32. The van der Waals surface area contributed by atoms with Gasteiger partial charge in [-0.15, -0.1) is 0 Å². The zero-order valence-electron chi connectivity index (χ0n) is 4.08. The molecule has 0 nitrogen and oxygen atoms in total. The van der Waals surface area contributed by atoms with E-state index < -0.39 is 0 Å². The van der Waals surface area contributed by atoms with Gasteiger partial charge in [0, 0.05) is 0 Å². The van der Waals surface area contributed by atoms with E-state index in [0.717, 1.165) is 0 Å². The average molecular weight is 352 g/mol. The Kier molecular flexibility index (Phi) is 2.78. The van der Waals surface area contributed by atoms with Crippen LogP contribution in [0.4, 0.5) is 0 Å². The summed E-state index contributed by atoms with van der Waals surface area (Å²) in [5.74, 6) is 0. The van der Waals surface area contributed by atoms with Crippen LogP contribution < -0.4 is 3.95 Å². The fourth-order valence-corrected chi connectivity index (χ4v) is 2.53. The molecule has 0 spiro atoms. The molecular weight excluding hydrogens is 347 g/mol. The summed E-state index contributed by atoms with van der Waals surface area (Å²) in [6, 6.07) is 10.5. The fourth-order valence-electron chi connectivity index (χ4n) is 0.443. The van der Waals surface area contributed by atoms with Crippen molar-refractivity contribution in [3.63, 3.8) is 0 Å². The molecule has 0 N–H and O–H groups in total. The minimum atomic E-state index is 0.113. The van der Waals surface area contributed by atoms with Gasteiger partial charge < -0.3 is 0 Å². The van der Waals surface area contributed by atoms with Gasteiger partial charge in [-0.05, 0) is 0 Å². The summed E-state index contributed by atoms with van der Waals surface area (Å²) in [7, 11) is 0. The van der Waals surface area contributed by atoms with Crippen LogP contribution in [0.3, 0.4) is 0 Å². The Morgan fingerprint density at radius 1 is 1.12 bits per heavy atom. The van der Waals surface area contributed by atoms with E-state index in [1.807, 2.05) is 6.07 Å². The molecule has 8 heavy (non-hydrogen) atoms. The molecule has 0 fully saturated rings. The Morgan fingerprint density at radius 3 is 2.12 bits per heavy atom. The minimum absolute atomic E-state index is 0.113. The van der Waals surface area contributed by atoms with Crippen LogP contribution in [-0.4, -0.2) is 0 Å². The van der Waals surface area contributed by atoms with Gasteiger partial charge >= 0.3 is 64.1 Å². The van der Waals surface area contributed by atoms with Crippen LogP contribution in [0.15, 0.2) is 30.3 Å². The average Bonchev–Trinajstić information content (AvgIpc) is 1.90. The van der Waals surface area contributed by atoms with E-state index in [-0.39, 0.29) is 16.5 Å². The third-order valence-corrected chi connectivity index (χ3v) is 4.40. The summed E-state index contributed by atoms with van der Waals surface area (Å²) in [5.41, 5.74) is 0. The second-order valence-corrected chi connectivity index (χ2v) is 5.11. The second kappa shape index (κ2) is 3.42. The molecule has 0 saturated carbocycles. The number of rotatable bonds is 1. The van der Waals surface area contributed by atoms with E-state index >= 15 is 0 Å². The first kappa shape index (κ1) is 6.51. The van der Waals surface area contributed by atoms with Crippen molar-refractivity contribution >= 4 is 17.3 Å². The predicted molar refractivity (Wildman–Crippen MR) is 35.0 cm³/mol. The molecule has 46 valence electrons. The monoisotopic (exact) mass is 351 g/mol. The van der Waals surface area contributed by atoms with E-state index in [2.05, 4.69) is 37.6 Å². The zero-order valence-corrected chi connectivity index (χ0v) is 7.94. The quantitative estimate of drug-likeness (QED) is 0.722. The number of hydrogen-bond acceptors (Lipinski definition) is 0. The van der Waals surface area contributed by atoms with Gasteiger partial charge in [-0.25, -0.2) is 0 Å². The molecule has 0 aliphatic rings. The van der Waals surface area contributed by atoms with Gasteiger partial charge in [0.2, 0.25) is 0 Å². The molecule has 0 atom stereocenters. The van der Waals surface area contributed by atoms with Crippen molar-refractivity contribution in [1.82, 2.24) is 0 Å². The molecular formula is C6H5BrPt. The Balaban J connectivity index is 2.83. The predicted octanol–water partition coefficient (Wildman–Crippen LogP) is 1.70. The number of benzene rings is 1. The van der Waals surface area contributed by atoms with Crippen molar-refractivity contribution in [2.75, 3.05) is 0 Å². The number of hydrogen-bond donors (Lipinski definition) is 0. The summed E-state index contributed by atoms with van der Waals surface area (Å²) < 4.78 is 1.44. The summed E-state index contributed by atoms with van der Waals surface area (Å²) in [6.07, 6.45) is 0. The Morgan fingerprint density at radius 2 is 1.75 bits per heavy atom. The third-order valence-electron chi connectivity index (χ3n) is 0.782. The summed E-state index contributed by atoms with van der Waals surface area (Å²) >= 11 is 3.58. The van der Waals surface area contributed by atoms with Gasteiger partial charge in [-0.1, -0.05) is 0 Å². The van der Waals surface area contributed by atoms with Gasteiger partial charge in [-0.2, -0.15) is 0 Å². The molecule has 0 saturated heterocycles. The zero-order chi connectivity index (χ0) is 5.82. The Bertz CT molecular complexity index is 150. The molecule has 1 rings (SSSR count). The van der Waals surface area contributed by atoms with Crippen molar-refractivity contribution in [3.05, 3.63) is 30.3 Å². The molecule has 1 aromatic rings. The fraction of sp³-hybridized carbons (Fsp3) is 0. The molecule has 0 aromatic heterocycles. The normalized spacial score (nSPS) is 9.62. The third kappa shape index (κ3) is 1.72. The first-order valence-electron chi connectivity index (χ1n) is 2.19. The molecule has 0 aliphatic heterocycles. The van der Waals surface area contributed by atoms with Gasteiger partial charge in [0.1, 0.15) is 0 Å². The van der Waals surface area contributed by atoms with Crippen molar-refractivity contribution in [3.8, 4) is 0 Å². The van der Waals surface area contributed by atoms with Crippen molar-refractivity contribution in [1.29, 1.82) is 0 Å². The Hall–Kier alpha value is 0.388. The van der Waals surface area contributed by atoms with Crippen LogP contribution in [0, 0.1) is 0 Å². The molecule has 1 aromatic carbocycles. The maximum absolute atomic E-state index is 3.47. The van der Waals surface area contributed by atoms with Crippen LogP contribution >= 0.6 is 13.3 Å². The van der Waals surface area contributed by atoms with Gasteiger partial charge in [-0.3, -0.25) is 0 Å². The van der Waals surface area contributed by atoms with E-state index in [0.29, 0.717) is 0 Å². The van der Waals surface area contributed by atoms with Crippen LogP contribution in [0.5, 0.6) is 0 Å². The van der Waals surface area contributed by atoms with Crippen molar-refractivity contribution in [2.45, 2.75) is 0 Å². The van der Waals surface area contributed by atoms with E-state index in [4.69, 9.17) is 0 Å². The van der Waals surface area contributed by atoms with Crippen LogP contribution in [-0.2, 0) is 16.5 Å².